The summed E-state index contributed by atoms with van der Waals surface area (Å²) >= 11 is 5.99. The van der Waals surface area contributed by atoms with Crippen LogP contribution in [-0.4, -0.2) is 28.3 Å². The second-order valence-electron chi connectivity index (χ2n) is 5.76. The Hall–Kier alpha value is -1.26. The van der Waals surface area contributed by atoms with Gasteiger partial charge in [-0.15, -0.1) is 0 Å². The van der Waals surface area contributed by atoms with Gasteiger partial charge in [-0.1, -0.05) is 31.4 Å². The first kappa shape index (κ1) is 15.1. The quantitative estimate of drug-likeness (QED) is 0.803. The van der Waals surface area contributed by atoms with E-state index in [4.69, 9.17) is 11.6 Å². The van der Waals surface area contributed by atoms with Gasteiger partial charge in [-0.25, -0.2) is 0 Å². The lowest BCUT2D eigenvalue weighted by atomic mass is 9.76. The Kier molecular flexibility index (Phi) is 4.55. The number of hydrogen-bond acceptors (Lipinski definition) is 3. The fraction of sp³-hybridized carbons (Fsp3) is 0.533. The molecule has 1 aromatic carbocycles. The van der Waals surface area contributed by atoms with Crippen molar-refractivity contribution in [3.63, 3.8) is 0 Å². The minimum Gasteiger partial charge on any atom is -0.508 e. The number of phenols is 1. The van der Waals surface area contributed by atoms with Crippen LogP contribution in [0, 0.1) is 5.92 Å². The second kappa shape index (κ2) is 6.02. The molecule has 1 saturated carbocycles. The number of phenolic OH excluding ortho intramolecular Hbond substituents is 1. The summed E-state index contributed by atoms with van der Waals surface area (Å²) < 4.78 is 0. The Balaban J connectivity index is 2.19. The van der Waals surface area contributed by atoms with E-state index in [1.807, 2.05) is 0 Å². The SMILES string of the molecule is CC1CCCC(CO)(NC(=O)c2cc(O)ccc2Cl)C1. The van der Waals surface area contributed by atoms with Crippen LogP contribution in [-0.2, 0) is 0 Å². The smallest absolute Gasteiger partial charge is 0.253 e. The van der Waals surface area contributed by atoms with Gasteiger partial charge >= 0.3 is 0 Å². The van der Waals surface area contributed by atoms with Crippen LogP contribution in [0.4, 0.5) is 0 Å². The number of rotatable bonds is 3. The van der Waals surface area contributed by atoms with Crippen LogP contribution in [0.3, 0.4) is 0 Å². The van der Waals surface area contributed by atoms with Gasteiger partial charge in [0.15, 0.2) is 0 Å². The Morgan fingerprint density at radius 2 is 2.30 bits per heavy atom. The molecule has 110 valence electrons. The van der Waals surface area contributed by atoms with Gasteiger partial charge in [0, 0.05) is 0 Å². The highest BCUT2D eigenvalue weighted by atomic mass is 35.5. The molecule has 20 heavy (non-hydrogen) atoms. The van der Waals surface area contributed by atoms with Crippen LogP contribution in [0.15, 0.2) is 18.2 Å². The molecular formula is C15H20ClNO3. The topological polar surface area (TPSA) is 69.6 Å². The monoisotopic (exact) mass is 297 g/mol. The number of aliphatic hydroxyl groups excluding tert-OH is 1. The van der Waals surface area contributed by atoms with Crippen molar-refractivity contribution < 1.29 is 15.0 Å². The highest BCUT2D eigenvalue weighted by molar-refractivity contribution is 6.33. The van der Waals surface area contributed by atoms with E-state index in [9.17, 15) is 15.0 Å². The maximum atomic E-state index is 12.3. The number of halogens is 1. The van der Waals surface area contributed by atoms with Crippen molar-refractivity contribution in [2.24, 2.45) is 5.92 Å². The van der Waals surface area contributed by atoms with Crippen molar-refractivity contribution >= 4 is 17.5 Å². The standard InChI is InChI=1S/C15H20ClNO3/c1-10-3-2-6-15(8-10,9-18)17-14(20)12-7-11(19)4-5-13(12)16/h4-5,7,10,18-19H,2-3,6,8-9H2,1H3,(H,17,20). The number of carbonyl (C=O) groups is 1. The fourth-order valence-corrected chi connectivity index (χ4v) is 3.16. The number of aliphatic hydroxyl groups is 1. The minimum atomic E-state index is -0.580. The molecule has 1 fully saturated rings. The summed E-state index contributed by atoms with van der Waals surface area (Å²) in [6, 6.07) is 4.26. The summed E-state index contributed by atoms with van der Waals surface area (Å²) in [4.78, 5) is 12.3. The van der Waals surface area contributed by atoms with Gasteiger partial charge in [0.25, 0.3) is 5.91 Å². The van der Waals surface area contributed by atoms with E-state index in [0.29, 0.717) is 5.92 Å². The molecule has 5 heteroatoms. The first-order valence-electron chi connectivity index (χ1n) is 6.88. The number of aromatic hydroxyl groups is 1. The normalized spacial score (nSPS) is 26.2. The molecule has 0 aromatic heterocycles. The molecule has 2 rings (SSSR count). The van der Waals surface area contributed by atoms with Crippen LogP contribution in [0.2, 0.25) is 5.02 Å². The number of hydrogen-bond donors (Lipinski definition) is 3. The van der Waals surface area contributed by atoms with Crippen molar-refractivity contribution in [1.82, 2.24) is 5.32 Å². The van der Waals surface area contributed by atoms with Crippen molar-refractivity contribution in [1.29, 1.82) is 0 Å². The van der Waals surface area contributed by atoms with Crippen molar-refractivity contribution in [3.8, 4) is 5.75 Å². The highest BCUT2D eigenvalue weighted by Gasteiger charge is 2.36. The van der Waals surface area contributed by atoms with E-state index in [1.54, 1.807) is 0 Å². The zero-order valence-corrected chi connectivity index (χ0v) is 12.3. The number of nitrogens with one attached hydrogen (secondary N) is 1. The van der Waals surface area contributed by atoms with E-state index in [1.165, 1.54) is 18.2 Å². The van der Waals surface area contributed by atoms with Crippen LogP contribution in [0.1, 0.15) is 43.0 Å². The molecule has 0 bridgehead atoms. The molecule has 0 aliphatic heterocycles. The highest BCUT2D eigenvalue weighted by Crippen LogP contribution is 2.32. The Morgan fingerprint density at radius 3 is 2.95 bits per heavy atom. The molecule has 3 N–H and O–H groups in total. The number of amides is 1. The van der Waals surface area contributed by atoms with E-state index in [0.717, 1.165) is 25.7 Å². The Labute approximate surface area is 123 Å². The molecule has 0 saturated heterocycles. The summed E-state index contributed by atoms with van der Waals surface area (Å²) in [6.45, 7) is 2.04. The lowest BCUT2D eigenvalue weighted by Gasteiger charge is -2.39. The molecular weight excluding hydrogens is 278 g/mol. The maximum absolute atomic E-state index is 12.3. The van der Waals surface area contributed by atoms with Crippen LogP contribution in [0.25, 0.3) is 0 Å². The summed E-state index contributed by atoms with van der Waals surface area (Å²) in [6.07, 6.45) is 3.61. The molecule has 1 aliphatic rings. The molecule has 0 heterocycles. The first-order valence-corrected chi connectivity index (χ1v) is 7.25. The van der Waals surface area contributed by atoms with Crippen molar-refractivity contribution in [3.05, 3.63) is 28.8 Å². The maximum Gasteiger partial charge on any atom is 0.253 e. The third-order valence-corrected chi connectivity index (χ3v) is 4.30. The fourth-order valence-electron chi connectivity index (χ4n) is 2.95. The Bertz CT molecular complexity index is 506. The van der Waals surface area contributed by atoms with Crippen molar-refractivity contribution in [2.75, 3.05) is 6.61 Å². The first-order chi connectivity index (χ1) is 9.46. The van der Waals surface area contributed by atoms with Crippen LogP contribution >= 0.6 is 11.6 Å². The van der Waals surface area contributed by atoms with Gasteiger partial charge in [0.05, 0.1) is 22.7 Å². The lowest BCUT2D eigenvalue weighted by Crippen LogP contribution is -2.53. The van der Waals surface area contributed by atoms with Gasteiger partial charge in [0.1, 0.15) is 5.75 Å². The predicted molar refractivity (Wildman–Crippen MR) is 78.0 cm³/mol. The van der Waals surface area contributed by atoms with Crippen LogP contribution < -0.4 is 5.32 Å². The van der Waals surface area contributed by atoms with E-state index in [-0.39, 0.29) is 28.8 Å². The predicted octanol–water partition coefficient (Wildman–Crippen LogP) is 2.72. The van der Waals surface area contributed by atoms with Gasteiger partial charge < -0.3 is 15.5 Å². The molecule has 1 aliphatic carbocycles. The molecule has 2 unspecified atom stereocenters. The summed E-state index contributed by atoms with van der Waals surface area (Å²) in [5, 5.41) is 22.4. The van der Waals surface area contributed by atoms with E-state index in [2.05, 4.69) is 12.2 Å². The summed E-state index contributed by atoms with van der Waals surface area (Å²) in [5.41, 5.74) is -0.346. The van der Waals surface area contributed by atoms with Gasteiger partial charge in [0.2, 0.25) is 0 Å². The number of benzene rings is 1. The summed E-state index contributed by atoms with van der Waals surface area (Å²) in [7, 11) is 0. The summed E-state index contributed by atoms with van der Waals surface area (Å²) in [5.74, 6) is 0.111. The molecule has 1 amide bonds. The molecule has 0 spiro atoms. The average Bonchev–Trinajstić information content (AvgIpc) is 2.41. The van der Waals surface area contributed by atoms with E-state index < -0.39 is 5.54 Å². The van der Waals surface area contributed by atoms with Gasteiger partial charge in [-0.2, -0.15) is 0 Å². The third kappa shape index (κ3) is 3.25. The Morgan fingerprint density at radius 1 is 1.55 bits per heavy atom. The largest absolute Gasteiger partial charge is 0.508 e. The zero-order valence-electron chi connectivity index (χ0n) is 11.5. The average molecular weight is 298 g/mol. The van der Waals surface area contributed by atoms with E-state index >= 15 is 0 Å². The zero-order chi connectivity index (χ0) is 14.8. The van der Waals surface area contributed by atoms with Crippen molar-refractivity contribution in [2.45, 2.75) is 38.1 Å². The van der Waals surface area contributed by atoms with Gasteiger partial charge in [-0.05, 0) is 37.0 Å². The lowest BCUT2D eigenvalue weighted by molar-refractivity contribution is 0.0697. The minimum absolute atomic E-state index is 0.00499. The third-order valence-electron chi connectivity index (χ3n) is 3.97. The molecule has 4 nitrogen and oxygen atoms in total. The molecule has 0 radical (unpaired) electrons. The van der Waals surface area contributed by atoms with Crippen LogP contribution in [0.5, 0.6) is 5.75 Å². The molecule has 1 aromatic rings. The molecule has 2 atom stereocenters. The van der Waals surface area contributed by atoms with Gasteiger partial charge in [-0.3, -0.25) is 4.79 Å². The number of carbonyl (C=O) groups excluding carboxylic acids is 1. The second-order valence-corrected chi connectivity index (χ2v) is 6.17.